The van der Waals surface area contributed by atoms with Gasteiger partial charge >= 0.3 is 0 Å². The van der Waals surface area contributed by atoms with Crippen LogP contribution in [-0.2, 0) is 4.79 Å². The van der Waals surface area contributed by atoms with Crippen LogP contribution >= 0.6 is 0 Å². The number of nitrogens with zero attached hydrogens (tertiary/aromatic N) is 1. The summed E-state index contributed by atoms with van der Waals surface area (Å²) in [5, 5.41) is 8.43. The van der Waals surface area contributed by atoms with Gasteiger partial charge in [-0.3, -0.25) is 0 Å². The summed E-state index contributed by atoms with van der Waals surface area (Å²) in [7, 11) is 0. The maximum absolute atomic E-state index is 10.2. The molecule has 0 radical (unpaired) electrons. The molecule has 0 amide bonds. The first-order valence-electron chi connectivity index (χ1n) is 2.99. The Labute approximate surface area is 54.5 Å². The van der Waals surface area contributed by atoms with Gasteiger partial charge in [0.2, 0.25) is 0 Å². The molecule has 0 unspecified atom stereocenters. The summed E-state index contributed by atoms with van der Waals surface area (Å²) in [6.07, 6.45) is 0.883. The minimum absolute atomic E-state index is 0.0116. The maximum Gasteiger partial charge on any atom is 0.124 e. The summed E-state index contributed by atoms with van der Waals surface area (Å²) in [5.41, 5.74) is -0.0451. The van der Waals surface area contributed by atoms with Crippen molar-refractivity contribution in [2.24, 2.45) is 17.3 Å². The van der Waals surface area contributed by atoms with Gasteiger partial charge in [-0.1, -0.05) is 13.8 Å². The van der Waals surface area contributed by atoms with Crippen molar-refractivity contribution in [3.8, 4) is 6.07 Å². The molecule has 2 heteroatoms. The molecule has 1 aliphatic carbocycles. The van der Waals surface area contributed by atoms with Crippen molar-refractivity contribution in [3.63, 3.8) is 0 Å². The Morgan fingerprint density at radius 2 is 2.22 bits per heavy atom. The summed E-state index contributed by atoms with van der Waals surface area (Å²) < 4.78 is 0. The molecule has 1 rings (SSSR count). The van der Waals surface area contributed by atoms with Crippen LogP contribution in [0.4, 0.5) is 0 Å². The monoisotopic (exact) mass is 123 g/mol. The lowest BCUT2D eigenvalue weighted by Crippen LogP contribution is -1.89. The van der Waals surface area contributed by atoms with Gasteiger partial charge in [0.15, 0.2) is 0 Å². The highest BCUT2D eigenvalue weighted by Gasteiger charge is 2.58. The number of hydrogen-bond donors (Lipinski definition) is 0. The normalized spacial score (nSPS) is 37.0. The van der Waals surface area contributed by atoms with Crippen LogP contribution in [0.15, 0.2) is 0 Å². The summed E-state index contributed by atoms with van der Waals surface area (Å²) in [6.45, 7) is 3.89. The first-order valence-corrected chi connectivity index (χ1v) is 2.99. The predicted molar refractivity (Wildman–Crippen MR) is 32.4 cm³/mol. The molecule has 0 bridgehead atoms. The lowest BCUT2D eigenvalue weighted by Gasteiger charge is -1.92. The number of aldehydes is 1. The zero-order valence-corrected chi connectivity index (χ0v) is 5.59. The Kier molecular flexibility index (Phi) is 1.10. The van der Waals surface area contributed by atoms with Crippen LogP contribution in [0, 0.1) is 28.6 Å². The van der Waals surface area contributed by atoms with E-state index in [1.807, 2.05) is 13.8 Å². The van der Waals surface area contributed by atoms with E-state index in [4.69, 9.17) is 5.26 Å². The average molecular weight is 123 g/mol. The van der Waals surface area contributed by atoms with Crippen molar-refractivity contribution in [2.45, 2.75) is 13.8 Å². The highest BCUT2D eigenvalue weighted by atomic mass is 16.1. The van der Waals surface area contributed by atoms with E-state index in [1.54, 1.807) is 0 Å². The van der Waals surface area contributed by atoms with Crippen molar-refractivity contribution in [1.29, 1.82) is 5.26 Å². The number of carbonyl (C=O) groups excluding carboxylic acids is 1. The van der Waals surface area contributed by atoms with Gasteiger partial charge in [-0.25, -0.2) is 0 Å². The molecule has 9 heavy (non-hydrogen) atoms. The summed E-state index contributed by atoms with van der Waals surface area (Å²) >= 11 is 0. The Hall–Kier alpha value is -0.840. The SMILES string of the molecule is CC1(C)[C@H](C=O)[C@@H]1C#N. The Balaban J connectivity index is 2.68. The van der Waals surface area contributed by atoms with Crippen LogP contribution in [0.5, 0.6) is 0 Å². The van der Waals surface area contributed by atoms with Crippen molar-refractivity contribution >= 4 is 6.29 Å². The lowest BCUT2D eigenvalue weighted by molar-refractivity contribution is -0.109. The van der Waals surface area contributed by atoms with Crippen LogP contribution < -0.4 is 0 Å². The molecule has 0 heterocycles. The first-order chi connectivity index (χ1) is 4.14. The lowest BCUT2D eigenvalue weighted by atomic mass is 10.1. The molecule has 1 saturated carbocycles. The number of rotatable bonds is 1. The van der Waals surface area contributed by atoms with Crippen LogP contribution in [0.1, 0.15) is 13.8 Å². The van der Waals surface area contributed by atoms with Gasteiger partial charge in [0.25, 0.3) is 0 Å². The van der Waals surface area contributed by atoms with E-state index in [0.29, 0.717) is 0 Å². The second-order valence-corrected chi connectivity index (χ2v) is 3.09. The third-order valence-corrected chi connectivity index (χ3v) is 2.20. The zero-order valence-electron chi connectivity index (χ0n) is 5.59. The molecule has 1 fully saturated rings. The third-order valence-electron chi connectivity index (χ3n) is 2.20. The minimum atomic E-state index is -0.0451. The second kappa shape index (κ2) is 1.57. The topological polar surface area (TPSA) is 40.9 Å². The zero-order chi connectivity index (χ0) is 7.07. The molecule has 0 N–H and O–H groups in total. The maximum atomic E-state index is 10.2. The smallest absolute Gasteiger partial charge is 0.124 e. The van der Waals surface area contributed by atoms with Gasteiger partial charge < -0.3 is 4.79 Å². The van der Waals surface area contributed by atoms with Crippen molar-refractivity contribution < 1.29 is 4.79 Å². The first kappa shape index (κ1) is 6.28. The average Bonchev–Trinajstić information content (AvgIpc) is 2.32. The van der Waals surface area contributed by atoms with Crippen LogP contribution in [-0.4, -0.2) is 6.29 Å². The predicted octanol–water partition coefficient (Wildman–Crippen LogP) is 0.981. The van der Waals surface area contributed by atoms with Crippen LogP contribution in [0.25, 0.3) is 0 Å². The molecule has 2 nitrogen and oxygen atoms in total. The minimum Gasteiger partial charge on any atom is -0.303 e. The largest absolute Gasteiger partial charge is 0.303 e. The van der Waals surface area contributed by atoms with Gasteiger partial charge in [-0.05, 0) is 5.41 Å². The van der Waals surface area contributed by atoms with Gasteiger partial charge in [0.1, 0.15) is 6.29 Å². The number of carbonyl (C=O) groups is 1. The van der Waals surface area contributed by atoms with Crippen molar-refractivity contribution in [2.75, 3.05) is 0 Å². The van der Waals surface area contributed by atoms with Gasteiger partial charge in [0.05, 0.1) is 12.0 Å². The van der Waals surface area contributed by atoms with E-state index in [1.165, 1.54) is 0 Å². The second-order valence-electron chi connectivity index (χ2n) is 3.09. The Bertz CT molecular complexity index is 178. The van der Waals surface area contributed by atoms with E-state index in [0.717, 1.165) is 6.29 Å². The van der Waals surface area contributed by atoms with E-state index < -0.39 is 0 Å². The highest BCUT2D eigenvalue weighted by molar-refractivity contribution is 5.62. The van der Waals surface area contributed by atoms with Crippen LogP contribution in [0.3, 0.4) is 0 Å². The molecule has 0 saturated heterocycles. The van der Waals surface area contributed by atoms with E-state index in [2.05, 4.69) is 6.07 Å². The molecule has 1 aliphatic rings. The molecular weight excluding hydrogens is 114 g/mol. The Morgan fingerprint density at radius 3 is 2.33 bits per heavy atom. The van der Waals surface area contributed by atoms with Gasteiger partial charge in [-0.2, -0.15) is 5.26 Å². The molecule has 0 aromatic rings. The van der Waals surface area contributed by atoms with Crippen molar-refractivity contribution in [3.05, 3.63) is 0 Å². The molecule has 0 aromatic heterocycles. The van der Waals surface area contributed by atoms with Crippen molar-refractivity contribution in [1.82, 2.24) is 0 Å². The fourth-order valence-corrected chi connectivity index (χ4v) is 1.18. The number of nitriles is 1. The van der Waals surface area contributed by atoms with Gasteiger partial charge in [0, 0.05) is 5.92 Å². The summed E-state index contributed by atoms with van der Waals surface area (Å²) in [5.74, 6) is -0.0440. The van der Waals surface area contributed by atoms with E-state index in [9.17, 15) is 4.79 Å². The quantitative estimate of drug-likeness (QED) is 0.488. The van der Waals surface area contributed by atoms with E-state index in [-0.39, 0.29) is 17.3 Å². The van der Waals surface area contributed by atoms with Crippen LogP contribution in [0.2, 0.25) is 0 Å². The number of hydrogen-bond acceptors (Lipinski definition) is 2. The molecular formula is C7H9NO. The standard InChI is InChI=1S/C7H9NO/c1-7(2)5(3-8)6(7)4-9/h4-6H,1-2H3/t5-,6+/m0/s1. The Morgan fingerprint density at radius 1 is 1.67 bits per heavy atom. The molecule has 48 valence electrons. The van der Waals surface area contributed by atoms with E-state index >= 15 is 0 Å². The third kappa shape index (κ3) is 0.647. The summed E-state index contributed by atoms with van der Waals surface area (Å²) in [4.78, 5) is 10.2. The fraction of sp³-hybridized carbons (Fsp3) is 0.714. The molecule has 0 aromatic carbocycles. The molecule has 2 atom stereocenters. The molecule has 0 spiro atoms. The highest BCUT2D eigenvalue weighted by Crippen LogP contribution is 2.56. The summed E-state index contributed by atoms with van der Waals surface area (Å²) in [6, 6.07) is 2.10. The fourth-order valence-electron chi connectivity index (χ4n) is 1.18. The molecule has 0 aliphatic heterocycles. The van der Waals surface area contributed by atoms with Gasteiger partial charge in [-0.15, -0.1) is 0 Å².